The molecule has 8 nitrogen and oxygen atoms in total. The van der Waals surface area contributed by atoms with E-state index in [4.69, 9.17) is 24.4 Å². The Morgan fingerprint density at radius 1 is 0.735 bits per heavy atom. The zero-order valence-corrected chi connectivity index (χ0v) is 22.1. The van der Waals surface area contributed by atoms with Crippen molar-refractivity contribution in [3.8, 4) is 0 Å². The van der Waals surface area contributed by atoms with Crippen molar-refractivity contribution >= 4 is 80.2 Å². The van der Waals surface area contributed by atoms with Crippen molar-refractivity contribution in [2.45, 2.75) is 76.3 Å². The molecule has 4 aliphatic rings. The number of carbonyl (C=O) groups is 4. The maximum absolute atomic E-state index is 13.0. The summed E-state index contributed by atoms with van der Waals surface area (Å²) in [7, 11) is 0. The van der Waals surface area contributed by atoms with Crippen LogP contribution in [0.2, 0.25) is 0 Å². The van der Waals surface area contributed by atoms with E-state index in [-0.39, 0.29) is 71.5 Å². The van der Waals surface area contributed by atoms with Crippen LogP contribution >= 0.6 is 48.0 Å². The van der Waals surface area contributed by atoms with E-state index >= 15 is 0 Å². The minimum absolute atomic E-state index is 0.0943. The maximum atomic E-state index is 13.0. The largest absolute Gasteiger partial charge is 0.353 e. The molecule has 2 saturated carbocycles. The van der Waals surface area contributed by atoms with E-state index in [0.717, 1.165) is 74.9 Å². The van der Waals surface area contributed by atoms with E-state index in [1.165, 1.54) is 9.80 Å². The molecule has 2 N–H and O–H groups in total. The lowest BCUT2D eigenvalue weighted by molar-refractivity contribution is -0.126. The molecule has 0 atom stereocenters. The number of hydrogen-bond acceptors (Lipinski definition) is 8. The van der Waals surface area contributed by atoms with E-state index in [1.54, 1.807) is 0 Å². The summed E-state index contributed by atoms with van der Waals surface area (Å²) in [5.74, 6) is -0.933. The molecule has 0 bridgehead atoms. The number of thioether (sulfide) groups is 2. The number of nitrogens with zero attached hydrogens (tertiary/aromatic N) is 2. The lowest BCUT2D eigenvalue weighted by Gasteiger charge is -2.16. The van der Waals surface area contributed by atoms with Crippen LogP contribution in [0.5, 0.6) is 0 Å². The molecule has 0 aromatic heterocycles. The molecule has 0 radical (unpaired) electrons. The first-order chi connectivity index (χ1) is 16.3. The molecule has 4 rings (SSSR count). The Kier molecular flexibility index (Phi) is 8.65. The van der Waals surface area contributed by atoms with Gasteiger partial charge in [-0.3, -0.25) is 29.0 Å². The van der Waals surface area contributed by atoms with Crippen LogP contribution in [0.3, 0.4) is 0 Å². The third-order valence-corrected chi connectivity index (χ3v) is 9.50. The summed E-state index contributed by atoms with van der Waals surface area (Å²) in [6.07, 6.45) is 8.82. The summed E-state index contributed by atoms with van der Waals surface area (Å²) in [6.45, 7) is 0.350. The molecule has 4 amide bonds. The molecule has 184 valence electrons. The molecule has 12 heteroatoms. The monoisotopic (exact) mass is 540 g/mol. The highest BCUT2D eigenvalue weighted by Gasteiger charge is 2.42. The molecular weight excluding hydrogens is 513 g/mol. The standard InChI is InChI=1S/C22H28N4O4S4/c27-15(23-13-5-1-2-6-13)9-11-25-19(29)17(33-21(25)31)18-20(30)26(22(32)34-18)12-10-16(28)24-14-7-3-4-8-14/h13-14H,1-12H2,(H,23,27)(H,24,28)/b18-17+. The number of amides is 4. The van der Waals surface area contributed by atoms with Crippen LogP contribution in [-0.2, 0) is 19.2 Å². The van der Waals surface area contributed by atoms with Gasteiger partial charge in [-0.25, -0.2) is 0 Å². The highest BCUT2D eigenvalue weighted by atomic mass is 32.2. The van der Waals surface area contributed by atoms with Crippen molar-refractivity contribution in [2.75, 3.05) is 13.1 Å². The van der Waals surface area contributed by atoms with Gasteiger partial charge in [0.1, 0.15) is 8.64 Å². The van der Waals surface area contributed by atoms with Gasteiger partial charge in [-0.1, -0.05) is 73.6 Å². The second-order valence-electron chi connectivity index (χ2n) is 8.91. The van der Waals surface area contributed by atoms with Crippen molar-refractivity contribution < 1.29 is 19.2 Å². The molecular formula is C22H28N4O4S4. The fraction of sp³-hybridized carbons (Fsp3) is 0.636. The first-order valence-electron chi connectivity index (χ1n) is 11.7. The van der Waals surface area contributed by atoms with Crippen molar-refractivity contribution in [3.63, 3.8) is 0 Å². The summed E-state index contributed by atoms with van der Waals surface area (Å²) >= 11 is 12.8. The lowest BCUT2D eigenvalue weighted by atomic mass is 10.2. The Balaban J connectivity index is 1.32. The third-order valence-electron chi connectivity index (χ3n) is 6.47. The van der Waals surface area contributed by atoms with Gasteiger partial charge in [0.05, 0.1) is 9.81 Å². The molecule has 0 aromatic rings. The first-order valence-corrected chi connectivity index (χ1v) is 14.2. The molecule has 2 heterocycles. The van der Waals surface area contributed by atoms with Crippen molar-refractivity contribution in [3.05, 3.63) is 9.81 Å². The average molecular weight is 541 g/mol. The van der Waals surface area contributed by atoms with Gasteiger partial charge in [-0.15, -0.1) is 0 Å². The Hall–Kier alpha value is -1.50. The second-order valence-corrected chi connectivity index (χ2v) is 12.2. The first kappa shape index (κ1) is 25.6. The lowest BCUT2D eigenvalue weighted by Crippen LogP contribution is -2.37. The minimum Gasteiger partial charge on any atom is -0.353 e. The van der Waals surface area contributed by atoms with Crippen LogP contribution in [0.25, 0.3) is 0 Å². The summed E-state index contributed by atoms with van der Waals surface area (Å²) < 4.78 is 0.657. The zero-order chi connectivity index (χ0) is 24.2. The van der Waals surface area contributed by atoms with Gasteiger partial charge in [0, 0.05) is 38.0 Å². The molecule has 0 spiro atoms. The minimum atomic E-state index is -0.372. The molecule has 0 unspecified atom stereocenters. The smallest absolute Gasteiger partial charge is 0.267 e. The third kappa shape index (κ3) is 6.00. The Labute approximate surface area is 218 Å². The number of nitrogens with one attached hydrogen (secondary N) is 2. The van der Waals surface area contributed by atoms with Gasteiger partial charge in [0.2, 0.25) is 11.8 Å². The van der Waals surface area contributed by atoms with E-state index in [1.807, 2.05) is 0 Å². The number of thiocarbonyl (C=S) groups is 2. The van der Waals surface area contributed by atoms with Crippen molar-refractivity contribution in [2.24, 2.45) is 0 Å². The number of hydrogen-bond donors (Lipinski definition) is 2. The molecule has 2 aliphatic heterocycles. The molecule has 34 heavy (non-hydrogen) atoms. The average Bonchev–Trinajstić information content (AvgIpc) is 3.57. The second kappa shape index (κ2) is 11.5. The number of rotatable bonds is 8. The number of carbonyl (C=O) groups excluding carboxylic acids is 4. The summed E-state index contributed by atoms with van der Waals surface area (Å²) in [5.41, 5.74) is 0. The van der Waals surface area contributed by atoms with Crippen LogP contribution in [0.1, 0.15) is 64.2 Å². The maximum Gasteiger partial charge on any atom is 0.267 e. The molecule has 0 aromatic carbocycles. The van der Waals surface area contributed by atoms with E-state index in [2.05, 4.69) is 10.6 Å². The van der Waals surface area contributed by atoms with E-state index < -0.39 is 0 Å². The SMILES string of the molecule is O=C(CCN1C(=O)/C(=C2\SC(=S)N(CCC(=O)NC3CCCC3)C2=O)SC1=S)NC1CCCC1. The van der Waals surface area contributed by atoms with Gasteiger partial charge < -0.3 is 10.6 Å². The van der Waals surface area contributed by atoms with Crippen LogP contribution in [0, 0.1) is 0 Å². The summed E-state index contributed by atoms with van der Waals surface area (Å²) in [4.78, 5) is 53.8. The predicted molar refractivity (Wildman–Crippen MR) is 141 cm³/mol. The topological polar surface area (TPSA) is 98.8 Å². The Morgan fingerprint density at radius 2 is 1.09 bits per heavy atom. The zero-order valence-electron chi connectivity index (χ0n) is 18.8. The Bertz CT molecular complexity index is 867. The Morgan fingerprint density at radius 3 is 1.44 bits per heavy atom. The van der Waals surface area contributed by atoms with Crippen LogP contribution in [0.15, 0.2) is 9.81 Å². The quantitative estimate of drug-likeness (QED) is 0.358. The highest BCUT2D eigenvalue weighted by Crippen LogP contribution is 2.42. The van der Waals surface area contributed by atoms with Gasteiger partial charge >= 0.3 is 0 Å². The van der Waals surface area contributed by atoms with Gasteiger partial charge in [-0.2, -0.15) is 0 Å². The van der Waals surface area contributed by atoms with Crippen molar-refractivity contribution in [1.29, 1.82) is 0 Å². The molecule has 4 fully saturated rings. The van der Waals surface area contributed by atoms with Crippen LogP contribution < -0.4 is 10.6 Å². The summed E-state index contributed by atoms with van der Waals surface area (Å²) in [5, 5.41) is 6.02. The van der Waals surface area contributed by atoms with E-state index in [9.17, 15) is 19.2 Å². The van der Waals surface area contributed by atoms with E-state index in [0.29, 0.717) is 8.64 Å². The normalized spacial score (nSPS) is 24.1. The van der Waals surface area contributed by atoms with Gasteiger partial charge in [0.25, 0.3) is 11.8 Å². The fourth-order valence-electron chi connectivity index (χ4n) is 4.62. The van der Waals surface area contributed by atoms with Gasteiger partial charge in [0.15, 0.2) is 0 Å². The molecule has 2 aliphatic carbocycles. The predicted octanol–water partition coefficient (Wildman–Crippen LogP) is 2.82. The van der Waals surface area contributed by atoms with Crippen molar-refractivity contribution in [1.82, 2.24) is 20.4 Å². The fourth-order valence-corrected chi connectivity index (χ4v) is 7.39. The van der Waals surface area contributed by atoms with Crippen LogP contribution in [-0.4, -0.2) is 67.2 Å². The van der Waals surface area contributed by atoms with Crippen LogP contribution in [0.4, 0.5) is 0 Å². The summed E-state index contributed by atoms with van der Waals surface area (Å²) in [6, 6.07) is 0.445. The van der Waals surface area contributed by atoms with Gasteiger partial charge in [-0.05, 0) is 25.7 Å². The molecule has 2 saturated heterocycles. The highest BCUT2D eigenvalue weighted by molar-refractivity contribution is 8.29.